The molecular weight excluding hydrogens is 285 g/mol. The normalized spacial score (nSPS) is 18.8. The fourth-order valence-corrected chi connectivity index (χ4v) is 2.37. The van der Waals surface area contributed by atoms with Crippen molar-refractivity contribution in [1.29, 1.82) is 0 Å². The highest BCUT2D eigenvalue weighted by Gasteiger charge is 2.38. The summed E-state index contributed by atoms with van der Waals surface area (Å²) >= 11 is 0. The van der Waals surface area contributed by atoms with Crippen molar-refractivity contribution < 1.29 is 23.1 Å². The fraction of sp³-hybridized carbons (Fsp3) is 0.929. The molecular formula is C14H25F3N2O2. The first-order valence-electron chi connectivity index (χ1n) is 7.47. The Bertz CT molecular complexity index is 346. The van der Waals surface area contributed by atoms with E-state index in [4.69, 9.17) is 0 Å². The second kappa shape index (κ2) is 7.45. The van der Waals surface area contributed by atoms with Crippen LogP contribution in [0.5, 0.6) is 0 Å². The molecule has 4 nitrogen and oxygen atoms in total. The topological polar surface area (TPSA) is 52.6 Å². The minimum Gasteiger partial charge on any atom is -0.480 e. The van der Waals surface area contributed by atoms with Crippen molar-refractivity contribution in [1.82, 2.24) is 10.2 Å². The standard InChI is InChI=1S/C14H25F3N2O2/c1-3-8-18-13(2,12(20)21)7-4-9-19(11-5-6-11)10-14(15,16)17/h11,18H,3-10H2,1-2H3,(H,20,21). The van der Waals surface area contributed by atoms with E-state index in [1.54, 1.807) is 6.92 Å². The molecule has 0 amide bonds. The van der Waals surface area contributed by atoms with Gasteiger partial charge < -0.3 is 10.4 Å². The van der Waals surface area contributed by atoms with E-state index in [1.807, 2.05) is 6.92 Å². The molecule has 1 unspecified atom stereocenters. The Balaban J connectivity index is 2.45. The summed E-state index contributed by atoms with van der Waals surface area (Å²) in [5.74, 6) is -0.954. The molecule has 124 valence electrons. The van der Waals surface area contributed by atoms with Gasteiger partial charge in [-0.2, -0.15) is 13.2 Å². The molecule has 0 aromatic heterocycles. The van der Waals surface area contributed by atoms with Gasteiger partial charge in [-0.3, -0.25) is 9.69 Å². The highest BCUT2D eigenvalue weighted by atomic mass is 19.4. The smallest absolute Gasteiger partial charge is 0.401 e. The molecule has 1 rings (SSSR count). The van der Waals surface area contributed by atoms with Gasteiger partial charge in [0.15, 0.2) is 0 Å². The van der Waals surface area contributed by atoms with E-state index in [9.17, 15) is 23.1 Å². The second-order valence-electron chi connectivity index (χ2n) is 5.98. The van der Waals surface area contributed by atoms with Gasteiger partial charge in [-0.05, 0) is 52.1 Å². The van der Waals surface area contributed by atoms with Gasteiger partial charge in [-0.1, -0.05) is 6.92 Å². The largest absolute Gasteiger partial charge is 0.480 e. The predicted molar refractivity (Wildman–Crippen MR) is 74.2 cm³/mol. The van der Waals surface area contributed by atoms with Gasteiger partial charge >= 0.3 is 12.1 Å². The average molecular weight is 310 g/mol. The molecule has 0 aromatic rings. The molecule has 0 heterocycles. The monoisotopic (exact) mass is 310 g/mol. The van der Waals surface area contributed by atoms with Crippen molar-refractivity contribution in [2.24, 2.45) is 0 Å². The number of carboxylic acid groups (broad SMARTS) is 1. The number of alkyl halides is 3. The van der Waals surface area contributed by atoms with Crippen LogP contribution < -0.4 is 5.32 Å². The summed E-state index contributed by atoms with van der Waals surface area (Å²) in [5.41, 5.74) is -1.07. The zero-order valence-corrected chi connectivity index (χ0v) is 12.7. The quantitative estimate of drug-likeness (QED) is 0.651. The van der Waals surface area contributed by atoms with Crippen LogP contribution in [0, 0.1) is 0 Å². The fourth-order valence-electron chi connectivity index (χ4n) is 2.37. The second-order valence-corrected chi connectivity index (χ2v) is 5.98. The number of halogens is 3. The molecule has 1 saturated carbocycles. The third-order valence-electron chi connectivity index (χ3n) is 3.80. The van der Waals surface area contributed by atoms with Crippen LogP contribution in [0.25, 0.3) is 0 Å². The maximum atomic E-state index is 12.5. The van der Waals surface area contributed by atoms with Crippen LogP contribution in [-0.2, 0) is 4.79 Å². The summed E-state index contributed by atoms with van der Waals surface area (Å²) in [4.78, 5) is 12.8. The lowest BCUT2D eigenvalue weighted by Gasteiger charge is -2.28. The third kappa shape index (κ3) is 6.65. The van der Waals surface area contributed by atoms with Gasteiger partial charge in [0.25, 0.3) is 0 Å². The van der Waals surface area contributed by atoms with E-state index in [1.165, 1.54) is 4.90 Å². The van der Waals surface area contributed by atoms with Crippen LogP contribution in [-0.4, -0.2) is 53.4 Å². The van der Waals surface area contributed by atoms with Gasteiger partial charge in [-0.15, -0.1) is 0 Å². The summed E-state index contributed by atoms with van der Waals surface area (Å²) in [6, 6.07) is 0.0197. The Morgan fingerprint density at radius 1 is 1.38 bits per heavy atom. The van der Waals surface area contributed by atoms with Crippen LogP contribution in [0.1, 0.15) is 46.0 Å². The maximum absolute atomic E-state index is 12.5. The van der Waals surface area contributed by atoms with Crippen molar-refractivity contribution in [3.63, 3.8) is 0 Å². The van der Waals surface area contributed by atoms with Gasteiger partial charge in [0.1, 0.15) is 5.54 Å². The lowest BCUT2D eigenvalue weighted by atomic mass is 9.95. The number of aliphatic carboxylic acids is 1. The summed E-state index contributed by atoms with van der Waals surface area (Å²) in [7, 11) is 0. The zero-order valence-electron chi connectivity index (χ0n) is 12.7. The van der Waals surface area contributed by atoms with Crippen molar-refractivity contribution in [3.05, 3.63) is 0 Å². The third-order valence-corrected chi connectivity index (χ3v) is 3.80. The zero-order chi connectivity index (χ0) is 16.1. The highest BCUT2D eigenvalue weighted by molar-refractivity contribution is 5.78. The molecule has 0 aromatic carbocycles. The SMILES string of the molecule is CCCNC(C)(CCCN(CC(F)(F)F)C1CC1)C(=O)O. The maximum Gasteiger partial charge on any atom is 0.401 e. The van der Waals surface area contributed by atoms with Crippen LogP contribution >= 0.6 is 0 Å². The van der Waals surface area contributed by atoms with E-state index in [2.05, 4.69) is 5.32 Å². The van der Waals surface area contributed by atoms with E-state index >= 15 is 0 Å². The number of hydrogen-bond acceptors (Lipinski definition) is 3. The molecule has 1 fully saturated rings. The van der Waals surface area contributed by atoms with Crippen LogP contribution in [0.4, 0.5) is 13.2 Å². The average Bonchev–Trinajstić information content (AvgIpc) is 3.17. The Hall–Kier alpha value is -0.820. The first-order chi connectivity index (χ1) is 9.68. The Labute approximate surface area is 123 Å². The molecule has 0 aliphatic heterocycles. The number of carbonyl (C=O) groups is 1. The van der Waals surface area contributed by atoms with Gasteiger partial charge in [0, 0.05) is 6.04 Å². The summed E-state index contributed by atoms with van der Waals surface area (Å²) in [6.07, 6.45) is -1.01. The van der Waals surface area contributed by atoms with Crippen LogP contribution in [0.15, 0.2) is 0 Å². The Kier molecular flexibility index (Phi) is 6.46. The molecule has 2 N–H and O–H groups in total. The summed E-state index contributed by atoms with van der Waals surface area (Å²) in [5, 5.41) is 12.2. The molecule has 0 bridgehead atoms. The van der Waals surface area contributed by atoms with E-state index < -0.39 is 24.2 Å². The lowest BCUT2D eigenvalue weighted by molar-refractivity contribution is -0.149. The van der Waals surface area contributed by atoms with Gasteiger partial charge in [-0.25, -0.2) is 0 Å². The molecule has 0 spiro atoms. The van der Waals surface area contributed by atoms with Crippen molar-refractivity contribution in [3.8, 4) is 0 Å². The number of nitrogens with zero attached hydrogens (tertiary/aromatic N) is 1. The van der Waals surface area contributed by atoms with Gasteiger partial charge in [0.2, 0.25) is 0 Å². The number of rotatable bonds is 10. The van der Waals surface area contributed by atoms with E-state index in [0.717, 1.165) is 19.3 Å². The minimum absolute atomic E-state index is 0.0197. The molecule has 21 heavy (non-hydrogen) atoms. The molecule has 1 aliphatic carbocycles. The minimum atomic E-state index is -4.20. The predicted octanol–water partition coefficient (Wildman–Crippen LogP) is 2.64. The summed E-state index contributed by atoms with van der Waals surface area (Å²) in [6.45, 7) is 3.51. The van der Waals surface area contributed by atoms with Crippen LogP contribution in [0.3, 0.4) is 0 Å². The molecule has 0 saturated heterocycles. The Morgan fingerprint density at radius 2 is 2.00 bits per heavy atom. The van der Waals surface area contributed by atoms with Gasteiger partial charge in [0.05, 0.1) is 6.54 Å². The van der Waals surface area contributed by atoms with E-state index in [-0.39, 0.29) is 6.04 Å². The molecule has 1 atom stereocenters. The van der Waals surface area contributed by atoms with E-state index in [0.29, 0.717) is 25.9 Å². The van der Waals surface area contributed by atoms with Crippen molar-refractivity contribution in [2.45, 2.75) is 63.7 Å². The first-order valence-corrected chi connectivity index (χ1v) is 7.47. The van der Waals surface area contributed by atoms with Crippen LogP contribution in [0.2, 0.25) is 0 Å². The van der Waals surface area contributed by atoms with Crippen molar-refractivity contribution >= 4 is 5.97 Å². The molecule has 0 radical (unpaired) electrons. The van der Waals surface area contributed by atoms with Crippen molar-refractivity contribution in [2.75, 3.05) is 19.6 Å². The highest BCUT2D eigenvalue weighted by Crippen LogP contribution is 2.30. The number of hydrogen-bond donors (Lipinski definition) is 2. The molecule has 7 heteroatoms. The number of nitrogens with one attached hydrogen (secondary N) is 1. The summed E-state index contributed by atoms with van der Waals surface area (Å²) < 4.78 is 37.5. The number of carboxylic acids is 1. The molecule has 1 aliphatic rings. The first kappa shape index (κ1) is 18.2. The lowest BCUT2D eigenvalue weighted by Crippen LogP contribution is -2.50. The Morgan fingerprint density at radius 3 is 2.43 bits per heavy atom.